The Balaban J connectivity index is 3.15. The number of phenolic OH excluding ortho intramolecular Hbond substituents is 1. The molecule has 3 N–H and O–H groups in total. The third-order valence-corrected chi connectivity index (χ3v) is 1.55. The molecular weight excluding hydrogens is 179 g/mol. The molecule has 0 aliphatic rings. The lowest BCUT2D eigenvalue weighted by Crippen LogP contribution is -2.10. The molecular formula is C8H7FO4. The number of carboxylic acids is 1. The van der Waals surface area contributed by atoms with Crippen LogP contribution in [0.15, 0.2) is 18.2 Å². The van der Waals surface area contributed by atoms with E-state index >= 15 is 0 Å². The predicted molar refractivity (Wildman–Crippen MR) is 40.7 cm³/mol. The number of hydrogen-bond donors (Lipinski definition) is 3. The number of aromatic hydroxyl groups is 1. The zero-order chi connectivity index (χ0) is 10.0. The third kappa shape index (κ3) is 1.75. The monoisotopic (exact) mass is 186 g/mol. The van der Waals surface area contributed by atoms with Crippen LogP contribution < -0.4 is 0 Å². The lowest BCUT2D eigenvalue weighted by molar-refractivity contribution is -0.147. The van der Waals surface area contributed by atoms with Crippen LogP contribution in [0.25, 0.3) is 0 Å². The van der Waals surface area contributed by atoms with Crippen molar-refractivity contribution in [2.45, 2.75) is 6.10 Å². The van der Waals surface area contributed by atoms with Gasteiger partial charge in [-0.2, -0.15) is 0 Å². The molecule has 0 aromatic heterocycles. The van der Waals surface area contributed by atoms with Crippen molar-refractivity contribution in [2.24, 2.45) is 0 Å². The standard InChI is InChI=1S/C8H7FO4/c9-5-3-1-2-4(6(5)10)7(11)8(12)13/h1-3,7,10-11H,(H,12,13). The van der Waals surface area contributed by atoms with Gasteiger partial charge in [0.15, 0.2) is 17.7 Å². The Morgan fingerprint density at radius 3 is 2.62 bits per heavy atom. The molecule has 0 amide bonds. The lowest BCUT2D eigenvalue weighted by atomic mass is 10.1. The van der Waals surface area contributed by atoms with Gasteiger partial charge in [-0.05, 0) is 6.07 Å². The topological polar surface area (TPSA) is 77.8 Å². The molecule has 1 atom stereocenters. The minimum atomic E-state index is -1.91. The van der Waals surface area contributed by atoms with Crippen LogP contribution in [0.3, 0.4) is 0 Å². The van der Waals surface area contributed by atoms with Crippen molar-refractivity contribution in [2.75, 3.05) is 0 Å². The van der Waals surface area contributed by atoms with Crippen molar-refractivity contribution in [3.63, 3.8) is 0 Å². The molecule has 0 aliphatic carbocycles. The van der Waals surface area contributed by atoms with Gasteiger partial charge < -0.3 is 15.3 Å². The summed E-state index contributed by atoms with van der Waals surface area (Å²) in [6, 6.07) is 3.31. The van der Waals surface area contributed by atoms with Crippen molar-refractivity contribution in [3.05, 3.63) is 29.6 Å². The van der Waals surface area contributed by atoms with Gasteiger partial charge in [0.25, 0.3) is 0 Å². The number of phenols is 1. The Bertz CT molecular complexity index is 337. The molecule has 70 valence electrons. The molecule has 0 saturated heterocycles. The van der Waals surface area contributed by atoms with E-state index in [1.54, 1.807) is 0 Å². The van der Waals surface area contributed by atoms with Gasteiger partial charge in [-0.1, -0.05) is 12.1 Å². The van der Waals surface area contributed by atoms with E-state index in [2.05, 4.69) is 0 Å². The lowest BCUT2D eigenvalue weighted by Gasteiger charge is -2.07. The fourth-order valence-corrected chi connectivity index (χ4v) is 0.886. The van der Waals surface area contributed by atoms with Gasteiger partial charge >= 0.3 is 5.97 Å². The normalized spacial score (nSPS) is 12.5. The van der Waals surface area contributed by atoms with E-state index in [1.165, 1.54) is 6.07 Å². The first-order valence-electron chi connectivity index (χ1n) is 3.42. The minimum Gasteiger partial charge on any atom is -0.505 e. The summed E-state index contributed by atoms with van der Waals surface area (Å²) in [6.45, 7) is 0. The average Bonchev–Trinajstić information content (AvgIpc) is 2.08. The smallest absolute Gasteiger partial charge is 0.337 e. The molecule has 0 radical (unpaired) electrons. The second kappa shape index (κ2) is 3.40. The Morgan fingerprint density at radius 1 is 1.46 bits per heavy atom. The number of aliphatic carboxylic acids is 1. The van der Waals surface area contributed by atoms with E-state index in [0.29, 0.717) is 0 Å². The molecule has 1 unspecified atom stereocenters. The first-order valence-corrected chi connectivity index (χ1v) is 3.42. The Morgan fingerprint density at radius 2 is 2.08 bits per heavy atom. The summed E-state index contributed by atoms with van der Waals surface area (Å²) in [5.41, 5.74) is -0.354. The minimum absolute atomic E-state index is 0.354. The number of rotatable bonds is 2. The summed E-state index contributed by atoms with van der Waals surface area (Å²) >= 11 is 0. The van der Waals surface area contributed by atoms with Crippen LogP contribution in [-0.4, -0.2) is 21.3 Å². The summed E-state index contributed by atoms with van der Waals surface area (Å²) < 4.78 is 12.6. The number of carboxylic acid groups (broad SMARTS) is 1. The molecule has 0 aliphatic heterocycles. The van der Waals surface area contributed by atoms with Crippen molar-refractivity contribution in [1.29, 1.82) is 0 Å². The van der Waals surface area contributed by atoms with E-state index < -0.39 is 23.6 Å². The first-order chi connectivity index (χ1) is 6.04. The molecule has 0 spiro atoms. The van der Waals surface area contributed by atoms with Gasteiger partial charge in [0.2, 0.25) is 0 Å². The molecule has 1 aromatic carbocycles. The molecule has 0 fully saturated rings. The fraction of sp³-hybridized carbons (Fsp3) is 0.125. The highest BCUT2D eigenvalue weighted by atomic mass is 19.1. The molecule has 0 bridgehead atoms. The SMILES string of the molecule is O=C(O)C(O)c1cccc(F)c1O. The Kier molecular flexibility index (Phi) is 2.48. The van der Waals surface area contributed by atoms with Gasteiger partial charge in [0.05, 0.1) is 0 Å². The maximum absolute atomic E-state index is 12.6. The van der Waals surface area contributed by atoms with Crippen LogP contribution in [0.4, 0.5) is 4.39 Å². The number of aliphatic hydroxyl groups is 1. The number of benzene rings is 1. The van der Waals surface area contributed by atoms with Crippen LogP contribution in [0, 0.1) is 5.82 Å². The number of halogens is 1. The average molecular weight is 186 g/mol. The summed E-state index contributed by atoms with van der Waals surface area (Å²) in [4.78, 5) is 10.3. The van der Waals surface area contributed by atoms with E-state index in [1.807, 2.05) is 0 Å². The number of aliphatic hydroxyl groups excluding tert-OH is 1. The fourth-order valence-electron chi connectivity index (χ4n) is 0.886. The van der Waals surface area contributed by atoms with Crippen molar-refractivity contribution in [3.8, 4) is 5.75 Å². The van der Waals surface area contributed by atoms with E-state index in [9.17, 15) is 9.18 Å². The van der Waals surface area contributed by atoms with E-state index in [-0.39, 0.29) is 5.56 Å². The van der Waals surface area contributed by atoms with Crippen molar-refractivity contribution >= 4 is 5.97 Å². The quantitative estimate of drug-likeness (QED) is 0.633. The van der Waals surface area contributed by atoms with Crippen LogP contribution in [0.5, 0.6) is 5.75 Å². The van der Waals surface area contributed by atoms with Crippen molar-refractivity contribution < 1.29 is 24.5 Å². The molecule has 0 heterocycles. The van der Waals surface area contributed by atoms with Gasteiger partial charge in [-0.25, -0.2) is 9.18 Å². The molecule has 4 nitrogen and oxygen atoms in total. The van der Waals surface area contributed by atoms with Crippen molar-refractivity contribution in [1.82, 2.24) is 0 Å². The summed E-state index contributed by atoms with van der Waals surface area (Å²) in [5, 5.41) is 26.4. The molecule has 1 rings (SSSR count). The van der Waals surface area contributed by atoms with Gasteiger partial charge in [0.1, 0.15) is 0 Å². The van der Waals surface area contributed by atoms with Crippen LogP contribution >= 0.6 is 0 Å². The van der Waals surface area contributed by atoms with Gasteiger partial charge in [-0.3, -0.25) is 0 Å². The largest absolute Gasteiger partial charge is 0.505 e. The van der Waals surface area contributed by atoms with Gasteiger partial charge in [-0.15, -0.1) is 0 Å². The highest BCUT2D eigenvalue weighted by molar-refractivity contribution is 5.75. The highest BCUT2D eigenvalue weighted by Crippen LogP contribution is 2.26. The zero-order valence-corrected chi connectivity index (χ0v) is 6.44. The molecule has 0 saturated carbocycles. The summed E-state index contributed by atoms with van der Waals surface area (Å²) in [7, 11) is 0. The second-order valence-corrected chi connectivity index (χ2v) is 2.42. The second-order valence-electron chi connectivity index (χ2n) is 2.42. The summed E-state index contributed by atoms with van der Waals surface area (Å²) in [5.74, 6) is -3.34. The molecule has 1 aromatic rings. The van der Waals surface area contributed by atoms with E-state index in [4.69, 9.17) is 15.3 Å². The van der Waals surface area contributed by atoms with Gasteiger partial charge in [0, 0.05) is 5.56 Å². The number of para-hydroxylation sites is 1. The first kappa shape index (κ1) is 9.47. The third-order valence-electron chi connectivity index (χ3n) is 1.55. The molecule has 5 heteroatoms. The number of carbonyl (C=O) groups is 1. The van der Waals surface area contributed by atoms with Crippen LogP contribution in [0.1, 0.15) is 11.7 Å². The number of hydrogen-bond acceptors (Lipinski definition) is 3. The Hall–Kier alpha value is -1.62. The maximum Gasteiger partial charge on any atom is 0.337 e. The maximum atomic E-state index is 12.6. The summed E-state index contributed by atoms with van der Waals surface area (Å²) in [6.07, 6.45) is -1.91. The predicted octanol–water partition coefficient (Wildman–Crippen LogP) is 0.649. The molecule has 13 heavy (non-hydrogen) atoms. The zero-order valence-electron chi connectivity index (χ0n) is 6.44. The van der Waals surface area contributed by atoms with Crippen LogP contribution in [0.2, 0.25) is 0 Å². The highest BCUT2D eigenvalue weighted by Gasteiger charge is 2.20. The van der Waals surface area contributed by atoms with E-state index in [0.717, 1.165) is 12.1 Å². The van der Waals surface area contributed by atoms with Crippen LogP contribution in [-0.2, 0) is 4.79 Å². The Labute approximate surface area is 72.9 Å².